The number of morpholine rings is 1. The van der Waals surface area contributed by atoms with Gasteiger partial charge in [-0.3, -0.25) is 4.79 Å². The van der Waals surface area contributed by atoms with E-state index in [4.69, 9.17) is 9.72 Å². The van der Waals surface area contributed by atoms with E-state index >= 15 is 0 Å². The van der Waals surface area contributed by atoms with Crippen molar-refractivity contribution < 1.29 is 9.53 Å². The molecule has 0 saturated carbocycles. The van der Waals surface area contributed by atoms with Crippen LogP contribution in [0.3, 0.4) is 0 Å². The molecule has 2 atom stereocenters. The van der Waals surface area contributed by atoms with Crippen molar-refractivity contribution in [2.24, 2.45) is 0 Å². The van der Waals surface area contributed by atoms with Gasteiger partial charge in [-0.1, -0.05) is 6.92 Å². The van der Waals surface area contributed by atoms with Gasteiger partial charge >= 0.3 is 0 Å². The van der Waals surface area contributed by atoms with Crippen molar-refractivity contribution in [3.05, 3.63) is 46.7 Å². The highest BCUT2D eigenvalue weighted by Crippen LogP contribution is 2.44. The summed E-state index contributed by atoms with van der Waals surface area (Å²) in [5.41, 5.74) is 5.57. The minimum atomic E-state index is 0.0290. The summed E-state index contributed by atoms with van der Waals surface area (Å²) in [5, 5.41) is 4.65. The van der Waals surface area contributed by atoms with Gasteiger partial charge < -0.3 is 14.5 Å². The van der Waals surface area contributed by atoms with Crippen LogP contribution in [0, 0.1) is 6.92 Å². The number of rotatable bonds is 3. The highest BCUT2D eigenvalue weighted by Gasteiger charge is 2.44. The molecular formula is C23H27N7O2. The number of hydrogen-bond donors (Lipinski definition) is 0. The predicted molar refractivity (Wildman–Crippen MR) is 118 cm³/mol. The molecule has 2 saturated heterocycles. The Labute approximate surface area is 186 Å². The molecule has 9 heteroatoms. The molecule has 0 N–H and O–H groups in total. The van der Waals surface area contributed by atoms with Crippen LogP contribution in [0.5, 0.6) is 0 Å². The molecule has 1 amide bonds. The zero-order chi connectivity index (χ0) is 21.8. The number of carbonyl (C=O) groups excluding carboxylic acids is 1. The average molecular weight is 434 g/mol. The number of amides is 1. The van der Waals surface area contributed by atoms with E-state index in [1.807, 2.05) is 30.6 Å². The maximum Gasteiger partial charge on any atom is 0.258 e. The topological polar surface area (TPSA) is 88.8 Å². The zero-order valence-electron chi connectivity index (χ0n) is 18.5. The van der Waals surface area contributed by atoms with Crippen molar-refractivity contribution in [1.29, 1.82) is 0 Å². The van der Waals surface area contributed by atoms with Gasteiger partial charge in [0.15, 0.2) is 5.65 Å². The Kier molecular flexibility index (Phi) is 4.60. The molecular weight excluding hydrogens is 406 g/mol. The fourth-order valence-corrected chi connectivity index (χ4v) is 5.42. The van der Waals surface area contributed by atoms with E-state index in [9.17, 15) is 4.79 Å². The summed E-state index contributed by atoms with van der Waals surface area (Å²) in [6, 6.07) is 2.20. The smallest absolute Gasteiger partial charge is 0.258 e. The summed E-state index contributed by atoms with van der Waals surface area (Å²) < 4.78 is 7.40. The second kappa shape index (κ2) is 7.51. The Morgan fingerprint density at radius 2 is 2.03 bits per heavy atom. The van der Waals surface area contributed by atoms with E-state index < -0.39 is 0 Å². The van der Waals surface area contributed by atoms with Crippen LogP contribution in [0.15, 0.2) is 18.5 Å². The van der Waals surface area contributed by atoms with Crippen LogP contribution in [0.2, 0.25) is 0 Å². The van der Waals surface area contributed by atoms with Gasteiger partial charge in [-0.15, -0.1) is 0 Å². The lowest BCUT2D eigenvalue weighted by Crippen LogP contribution is -2.43. The number of aryl methyl sites for hydroxylation is 2. The summed E-state index contributed by atoms with van der Waals surface area (Å²) in [6.07, 6.45) is 7.09. The molecule has 2 bridgehead atoms. The highest BCUT2D eigenvalue weighted by atomic mass is 16.5. The summed E-state index contributed by atoms with van der Waals surface area (Å²) in [6.45, 7) is 6.94. The van der Waals surface area contributed by atoms with E-state index in [0.717, 1.165) is 55.0 Å². The fraction of sp³-hybridized carbons (Fsp3) is 0.522. The third kappa shape index (κ3) is 2.98. The van der Waals surface area contributed by atoms with Gasteiger partial charge in [0.1, 0.15) is 0 Å². The lowest BCUT2D eigenvalue weighted by atomic mass is 9.97. The van der Waals surface area contributed by atoms with Crippen LogP contribution >= 0.6 is 0 Å². The first kappa shape index (κ1) is 19.6. The van der Waals surface area contributed by atoms with Gasteiger partial charge in [0.05, 0.1) is 41.9 Å². The molecule has 3 aromatic heterocycles. The molecule has 3 aromatic rings. The number of fused-ring (bicyclic) bond motifs is 6. The summed E-state index contributed by atoms with van der Waals surface area (Å²) >= 11 is 0. The van der Waals surface area contributed by atoms with Gasteiger partial charge in [0, 0.05) is 49.6 Å². The van der Waals surface area contributed by atoms with E-state index in [1.54, 1.807) is 6.20 Å². The number of carbonyl (C=O) groups is 1. The first-order valence-electron chi connectivity index (χ1n) is 11.5. The zero-order valence-corrected chi connectivity index (χ0v) is 18.5. The molecule has 9 nitrogen and oxygen atoms in total. The van der Waals surface area contributed by atoms with Crippen LogP contribution in [0.4, 0.5) is 5.95 Å². The van der Waals surface area contributed by atoms with Crippen molar-refractivity contribution in [3.63, 3.8) is 0 Å². The van der Waals surface area contributed by atoms with Gasteiger partial charge in [-0.05, 0) is 26.2 Å². The lowest BCUT2D eigenvalue weighted by Gasteiger charge is -2.36. The summed E-state index contributed by atoms with van der Waals surface area (Å²) in [7, 11) is 0. The van der Waals surface area contributed by atoms with E-state index in [-0.39, 0.29) is 18.0 Å². The first-order valence-corrected chi connectivity index (χ1v) is 11.5. The minimum absolute atomic E-state index is 0.0290. The second-order valence-corrected chi connectivity index (χ2v) is 8.86. The Morgan fingerprint density at radius 3 is 2.84 bits per heavy atom. The predicted octanol–water partition coefficient (Wildman–Crippen LogP) is 2.13. The molecule has 3 aliphatic rings. The van der Waals surface area contributed by atoms with Crippen molar-refractivity contribution in [2.75, 3.05) is 31.2 Å². The van der Waals surface area contributed by atoms with Crippen LogP contribution in [-0.2, 0) is 17.6 Å². The molecule has 0 aliphatic carbocycles. The van der Waals surface area contributed by atoms with E-state index in [0.29, 0.717) is 31.1 Å². The van der Waals surface area contributed by atoms with Crippen molar-refractivity contribution in [2.45, 2.75) is 51.6 Å². The largest absolute Gasteiger partial charge is 0.378 e. The molecule has 6 rings (SSSR count). The minimum Gasteiger partial charge on any atom is -0.378 e. The van der Waals surface area contributed by atoms with Gasteiger partial charge in [0.25, 0.3) is 5.91 Å². The van der Waals surface area contributed by atoms with E-state index in [2.05, 4.69) is 24.9 Å². The third-order valence-corrected chi connectivity index (χ3v) is 6.98. The van der Waals surface area contributed by atoms with Crippen LogP contribution in [0.25, 0.3) is 5.65 Å². The van der Waals surface area contributed by atoms with Crippen LogP contribution in [0.1, 0.15) is 58.8 Å². The Hall–Kier alpha value is -3.07. The number of nitrogens with zero attached hydrogens (tertiary/aromatic N) is 7. The molecule has 0 spiro atoms. The lowest BCUT2D eigenvalue weighted by molar-refractivity contribution is 0.0640. The second-order valence-electron chi connectivity index (χ2n) is 8.86. The Balaban J connectivity index is 1.34. The molecule has 2 fully saturated rings. The number of ether oxygens (including phenoxy) is 1. The quantitative estimate of drug-likeness (QED) is 0.625. The van der Waals surface area contributed by atoms with Crippen molar-refractivity contribution in [1.82, 2.24) is 29.5 Å². The van der Waals surface area contributed by atoms with Crippen molar-refractivity contribution >= 4 is 17.5 Å². The molecule has 32 heavy (non-hydrogen) atoms. The van der Waals surface area contributed by atoms with Crippen LogP contribution in [-0.4, -0.2) is 67.7 Å². The third-order valence-electron chi connectivity index (χ3n) is 6.98. The van der Waals surface area contributed by atoms with Crippen LogP contribution < -0.4 is 4.90 Å². The SMILES string of the molecule is CCc1nc(N2CCOCC2)ncc1C(=O)N1C2CCC1c1cnc3cc(C)nn3c1C2. The number of hydrogen-bond acceptors (Lipinski definition) is 7. The molecule has 3 aliphatic heterocycles. The average Bonchev–Trinajstić information content (AvgIpc) is 3.37. The molecule has 6 heterocycles. The number of aromatic nitrogens is 5. The molecule has 0 radical (unpaired) electrons. The summed E-state index contributed by atoms with van der Waals surface area (Å²) in [4.78, 5) is 31.9. The Morgan fingerprint density at radius 1 is 1.19 bits per heavy atom. The number of anilines is 1. The van der Waals surface area contributed by atoms with Gasteiger partial charge in [-0.25, -0.2) is 19.5 Å². The molecule has 0 aromatic carbocycles. The molecule has 166 valence electrons. The standard InChI is InChI=1S/C23H27N7O2/c1-3-18-16(12-25-23(26-18)28-6-8-32-9-7-28)22(31)29-15-4-5-19(29)17-13-24-21-10-14(2)27-30(21)20(17)11-15/h10,12-13,15,19H,3-9,11H2,1-2H3. The monoisotopic (exact) mass is 433 g/mol. The van der Waals surface area contributed by atoms with Crippen molar-refractivity contribution in [3.8, 4) is 0 Å². The Bertz CT molecular complexity index is 1200. The van der Waals surface area contributed by atoms with E-state index in [1.165, 1.54) is 5.69 Å². The molecule has 2 unspecified atom stereocenters. The van der Waals surface area contributed by atoms with Gasteiger partial charge in [0.2, 0.25) is 5.95 Å². The van der Waals surface area contributed by atoms with Gasteiger partial charge in [-0.2, -0.15) is 5.10 Å². The maximum absolute atomic E-state index is 13.8. The first-order chi connectivity index (χ1) is 15.6. The maximum atomic E-state index is 13.8. The fourth-order valence-electron chi connectivity index (χ4n) is 5.42. The summed E-state index contributed by atoms with van der Waals surface area (Å²) in [5.74, 6) is 0.722. The normalized spacial score (nSPS) is 22.4. The highest BCUT2D eigenvalue weighted by molar-refractivity contribution is 5.96.